The number of carbonyl (C=O) groups is 1. The fourth-order valence-corrected chi connectivity index (χ4v) is 3.81. The molecular weight excluding hydrogens is 353 g/mol. The van der Waals surface area contributed by atoms with Gasteiger partial charge < -0.3 is 9.84 Å². The van der Waals surface area contributed by atoms with Crippen molar-refractivity contribution in [2.45, 2.75) is 24.3 Å². The van der Waals surface area contributed by atoms with Crippen LogP contribution in [0.15, 0.2) is 29.3 Å². The smallest absolute Gasteiger partial charge is 0.335 e. The zero-order chi connectivity index (χ0) is 18.2. The van der Waals surface area contributed by atoms with Crippen LogP contribution in [0.5, 0.6) is 0 Å². The van der Waals surface area contributed by atoms with E-state index in [9.17, 15) is 17.6 Å². The van der Waals surface area contributed by atoms with Crippen molar-refractivity contribution in [1.82, 2.24) is 9.78 Å². The first-order chi connectivity index (χ1) is 11.8. The number of sulfonamides is 1. The molecule has 2 heterocycles. The van der Waals surface area contributed by atoms with E-state index in [4.69, 9.17) is 9.84 Å². The Morgan fingerprint density at radius 3 is 2.84 bits per heavy atom. The number of carboxylic acids is 1. The predicted octanol–water partition coefficient (Wildman–Crippen LogP) is 1.79. The number of benzene rings is 1. The van der Waals surface area contributed by atoms with Gasteiger partial charge in [0.15, 0.2) is 0 Å². The third-order valence-electron chi connectivity index (χ3n) is 3.97. The summed E-state index contributed by atoms with van der Waals surface area (Å²) in [5, 5.41) is 13.1. The molecule has 1 aliphatic rings. The fourth-order valence-electron chi connectivity index (χ4n) is 2.65. The van der Waals surface area contributed by atoms with Gasteiger partial charge in [-0.15, -0.1) is 0 Å². The minimum atomic E-state index is -4.16. The van der Waals surface area contributed by atoms with E-state index in [2.05, 4.69) is 9.82 Å². The van der Waals surface area contributed by atoms with E-state index < -0.39 is 32.3 Å². The number of nitrogens with one attached hydrogen (secondary N) is 1. The van der Waals surface area contributed by atoms with Gasteiger partial charge in [0.1, 0.15) is 5.82 Å². The molecule has 25 heavy (non-hydrogen) atoms. The topological polar surface area (TPSA) is 111 Å². The highest BCUT2D eigenvalue weighted by atomic mass is 32.2. The Balaban J connectivity index is 1.91. The van der Waals surface area contributed by atoms with Gasteiger partial charge in [0.2, 0.25) is 0 Å². The summed E-state index contributed by atoms with van der Waals surface area (Å²) in [6, 6.07) is 2.45. The first kappa shape index (κ1) is 17.4. The van der Waals surface area contributed by atoms with Gasteiger partial charge in [-0.3, -0.25) is 9.40 Å². The minimum absolute atomic E-state index is 0.0334. The molecule has 1 aromatic carbocycles. The van der Waals surface area contributed by atoms with Crippen molar-refractivity contribution in [2.24, 2.45) is 0 Å². The average Bonchev–Trinajstić information content (AvgIpc) is 3.17. The van der Waals surface area contributed by atoms with Crippen molar-refractivity contribution in [1.29, 1.82) is 0 Å². The highest BCUT2D eigenvalue weighted by Crippen LogP contribution is 2.26. The molecule has 0 bridgehead atoms. The number of ether oxygens (including phenoxy) is 1. The highest BCUT2D eigenvalue weighted by molar-refractivity contribution is 7.92. The summed E-state index contributed by atoms with van der Waals surface area (Å²) in [5.41, 5.74) is 0.387. The molecule has 1 fully saturated rings. The number of hydrogen-bond donors (Lipinski definition) is 2. The lowest BCUT2D eigenvalue weighted by Gasteiger charge is -2.12. The van der Waals surface area contributed by atoms with Crippen molar-refractivity contribution in [3.8, 4) is 0 Å². The van der Waals surface area contributed by atoms with Gasteiger partial charge in [0.25, 0.3) is 10.0 Å². The third-order valence-corrected chi connectivity index (χ3v) is 5.31. The second-order valence-corrected chi connectivity index (χ2v) is 7.37. The molecule has 0 saturated carbocycles. The SMILES string of the molecule is Cc1c(NS(=O)(=O)c2cc(F)cc(C(=O)O)c2)cnn1C1CCOC1. The molecule has 134 valence electrons. The van der Waals surface area contributed by atoms with Gasteiger partial charge in [-0.05, 0) is 31.5 Å². The lowest BCUT2D eigenvalue weighted by molar-refractivity contribution is 0.0696. The summed E-state index contributed by atoms with van der Waals surface area (Å²) in [6.45, 7) is 2.82. The van der Waals surface area contributed by atoms with Crippen molar-refractivity contribution >= 4 is 21.7 Å². The molecule has 0 aliphatic carbocycles. The number of carboxylic acid groups (broad SMARTS) is 1. The summed E-state index contributed by atoms with van der Waals surface area (Å²) < 4.78 is 47.8. The number of aromatic nitrogens is 2. The van der Waals surface area contributed by atoms with Gasteiger partial charge in [0, 0.05) is 6.61 Å². The molecule has 2 N–H and O–H groups in total. The fraction of sp³-hybridized carbons (Fsp3) is 0.333. The van der Waals surface area contributed by atoms with Crippen LogP contribution in [0, 0.1) is 12.7 Å². The first-order valence-electron chi connectivity index (χ1n) is 7.46. The molecular formula is C15H16FN3O5S. The summed E-state index contributed by atoms with van der Waals surface area (Å²) >= 11 is 0. The molecule has 1 aromatic heterocycles. The molecule has 1 aliphatic heterocycles. The predicted molar refractivity (Wildman–Crippen MR) is 85.6 cm³/mol. The quantitative estimate of drug-likeness (QED) is 0.831. The zero-order valence-electron chi connectivity index (χ0n) is 13.3. The molecule has 0 radical (unpaired) electrons. The molecule has 1 atom stereocenters. The molecule has 3 rings (SSSR count). The summed E-state index contributed by atoms with van der Waals surface area (Å²) in [5.74, 6) is -2.36. The van der Waals surface area contributed by atoms with Crippen molar-refractivity contribution < 1.29 is 27.4 Å². The van der Waals surface area contributed by atoms with Crippen LogP contribution in [0.1, 0.15) is 28.5 Å². The van der Waals surface area contributed by atoms with E-state index in [-0.39, 0.29) is 11.7 Å². The van der Waals surface area contributed by atoms with Crippen molar-refractivity contribution in [3.63, 3.8) is 0 Å². The maximum atomic E-state index is 13.6. The van der Waals surface area contributed by atoms with Crippen molar-refractivity contribution in [2.75, 3.05) is 17.9 Å². The Morgan fingerprint density at radius 1 is 1.44 bits per heavy atom. The van der Waals surface area contributed by atoms with Crippen LogP contribution in [-0.4, -0.2) is 42.5 Å². The number of hydrogen-bond acceptors (Lipinski definition) is 5. The standard InChI is InChI=1S/C15H16FN3O5S/c1-9-14(7-17-19(9)12-2-3-24-8-12)18-25(22,23)13-5-10(15(20)21)4-11(16)6-13/h4-7,12,18H,2-3,8H2,1H3,(H,20,21). The van der Waals surface area contributed by atoms with Gasteiger partial charge >= 0.3 is 5.97 Å². The maximum Gasteiger partial charge on any atom is 0.335 e. The van der Waals surface area contributed by atoms with E-state index in [0.717, 1.165) is 24.6 Å². The van der Waals surface area contributed by atoms with Gasteiger partial charge in [-0.1, -0.05) is 0 Å². The Labute approximate surface area is 143 Å². The second-order valence-electron chi connectivity index (χ2n) is 5.69. The summed E-state index contributed by atoms with van der Waals surface area (Å²) in [4.78, 5) is 10.5. The van der Waals surface area contributed by atoms with E-state index >= 15 is 0 Å². The maximum absolute atomic E-state index is 13.6. The molecule has 2 aromatic rings. The normalized spacial score (nSPS) is 17.6. The van der Waals surface area contributed by atoms with Gasteiger partial charge in [0.05, 0.1) is 40.7 Å². The van der Waals surface area contributed by atoms with Crippen LogP contribution in [0.2, 0.25) is 0 Å². The number of nitrogens with zero attached hydrogens (tertiary/aromatic N) is 2. The molecule has 0 spiro atoms. The highest BCUT2D eigenvalue weighted by Gasteiger charge is 2.24. The largest absolute Gasteiger partial charge is 0.478 e. The van der Waals surface area contributed by atoms with Gasteiger partial charge in [-0.2, -0.15) is 5.10 Å². The Kier molecular flexibility index (Phi) is 4.48. The Bertz CT molecular complexity index is 919. The van der Waals surface area contributed by atoms with E-state index in [1.54, 1.807) is 11.6 Å². The Morgan fingerprint density at radius 2 is 2.20 bits per heavy atom. The molecule has 1 unspecified atom stereocenters. The molecule has 0 amide bonds. The third kappa shape index (κ3) is 3.49. The zero-order valence-corrected chi connectivity index (χ0v) is 14.1. The number of rotatable bonds is 5. The van der Waals surface area contributed by atoms with Crippen LogP contribution in [0.3, 0.4) is 0 Å². The Hall–Kier alpha value is -2.46. The molecule has 8 nitrogen and oxygen atoms in total. The van der Waals surface area contributed by atoms with E-state index in [1.807, 2.05) is 0 Å². The van der Waals surface area contributed by atoms with Crippen LogP contribution < -0.4 is 4.72 Å². The van der Waals surface area contributed by atoms with Crippen LogP contribution in [-0.2, 0) is 14.8 Å². The minimum Gasteiger partial charge on any atom is -0.478 e. The molecule has 1 saturated heterocycles. The summed E-state index contributed by atoms with van der Waals surface area (Å²) in [6.07, 6.45) is 2.14. The van der Waals surface area contributed by atoms with Crippen LogP contribution in [0.4, 0.5) is 10.1 Å². The van der Waals surface area contributed by atoms with Crippen LogP contribution >= 0.6 is 0 Å². The van der Waals surface area contributed by atoms with Gasteiger partial charge in [-0.25, -0.2) is 17.6 Å². The lowest BCUT2D eigenvalue weighted by atomic mass is 10.2. The van der Waals surface area contributed by atoms with Crippen LogP contribution in [0.25, 0.3) is 0 Å². The molecule has 10 heteroatoms. The number of anilines is 1. The number of halogens is 1. The number of aromatic carboxylic acids is 1. The second kappa shape index (κ2) is 6.45. The van der Waals surface area contributed by atoms with E-state index in [0.29, 0.717) is 18.9 Å². The monoisotopic (exact) mass is 369 g/mol. The lowest BCUT2D eigenvalue weighted by Crippen LogP contribution is -2.16. The summed E-state index contributed by atoms with van der Waals surface area (Å²) in [7, 11) is -4.16. The van der Waals surface area contributed by atoms with E-state index in [1.165, 1.54) is 6.20 Å². The first-order valence-corrected chi connectivity index (χ1v) is 8.95. The van der Waals surface area contributed by atoms with Crippen molar-refractivity contribution in [3.05, 3.63) is 41.5 Å². The average molecular weight is 369 g/mol.